The maximum Gasteiger partial charge on any atom is 0.130 e. The highest BCUT2D eigenvalue weighted by Crippen LogP contribution is 2.30. The molecule has 2 aromatic carbocycles. The van der Waals surface area contributed by atoms with Crippen molar-refractivity contribution < 1.29 is 13.9 Å². The maximum atomic E-state index is 12.8. The van der Waals surface area contributed by atoms with Gasteiger partial charge in [0.05, 0.1) is 7.11 Å². The van der Waals surface area contributed by atoms with E-state index >= 15 is 0 Å². The van der Waals surface area contributed by atoms with Gasteiger partial charge in [-0.2, -0.15) is 0 Å². The molecule has 2 nitrogen and oxygen atoms in total. The standard InChI is InChI=1S/C18H15FO2/c1-20-17-9-6-15-10-14(12-21-18(15)11-17)3-2-13-4-7-16(19)8-5-13/h2-11H,12H2,1H3/b3-2+. The van der Waals surface area contributed by atoms with Crippen LogP contribution in [0.1, 0.15) is 11.1 Å². The molecule has 0 atom stereocenters. The molecule has 0 aliphatic carbocycles. The van der Waals surface area contributed by atoms with E-state index in [0.717, 1.165) is 28.2 Å². The van der Waals surface area contributed by atoms with Gasteiger partial charge in [-0.25, -0.2) is 4.39 Å². The molecule has 0 saturated carbocycles. The van der Waals surface area contributed by atoms with Crippen LogP contribution < -0.4 is 9.47 Å². The molecule has 0 radical (unpaired) electrons. The molecule has 0 saturated heterocycles. The summed E-state index contributed by atoms with van der Waals surface area (Å²) in [5, 5.41) is 0. The molecule has 1 heterocycles. The van der Waals surface area contributed by atoms with E-state index in [4.69, 9.17) is 9.47 Å². The first-order chi connectivity index (χ1) is 10.2. The zero-order valence-corrected chi connectivity index (χ0v) is 11.7. The third kappa shape index (κ3) is 3.14. The van der Waals surface area contributed by atoms with Crippen LogP contribution in [-0.4, -0.2) is 13.7 Å². The lowest BCUT2D eigenvalue weighted by Gasteiger charge is -2.16. The highest BCUT2D eigenvalue weighted by atomic mass is 19.1. The summed E-state index contributed by atoms with van der Waals surface area (Å²) in [4.78, 5) is 0. The molecular weight excluding hydrogens is 267 g/mol. The predicted molar refractivity (Wildman–Crippen MR) is 81.9 cm³/mol. The summed E-state index contributed by atoms with van der Waals surface area (Å²) in [6.07, 6.45) is 6.02. The molecule has 0 fully saturated rings. The Balaban J connectivity index is 1.80. The second-order valence-corrected chi connectivity index (χ2v) is 4.80. The Bertz CT molecular complexity index is 700. The lowest BCUT2D eigenvalue weighted by molar-refractivity contribution is 0.346. The summed E-state index contributed by atoms with van der Waals surface area (Å²) in [5.41, 5.74) is 3.05. The Hall–Kier alpha value is -2.55. The van der Waals surface area contributed by atoms with Crippen LogP contribution in [0.3, 0.4) is 0 Å². The highest BCUT2D eigenvalue weighted by Gasteiger charge is 2.10. The van der Waals surface area contributed by atoms with Crippen molar-refractivity contribution in [3.8, 4) is 11.5 Å². The second kappa shape index (κ2) is 5.83. The number of methoxy groups -OCH3 is 1. The van der Waals surface area contributed by atoms with E-state index in [1.807, 2.05) is 30.4 Å². The number of ether oxygens (including phenoxy) is 2. The van der Waals surface area contributed by atoms with Gasteiger partial charge in [-0.3, -0.25) is 0 Å². The van der Waals surface area contributed by atoms with E-state index in [1.165, 1.54) is 12.1 Å². The van der Waals surface area contributed by atoms with E-state index in [9.17, 15) is 4.39 Å². The third-order valence-electron chi connectivity index (χ3n) is 3.32. The van der Waals surface area contributed by atoms with Crippen molar-refractivity contribution >= 4 is 12.2 Å². The summed E-state index contributed by atoms with van der Waals surface area (Å²) in [6.45, 7) is 0.512. The number of hydrogen-bond acceptors (Lipinski definition) is 2. The summed E-state index contributed by atoms with van der Waals surface area (Å²) in [7, 11) is 1.64. The molecule has 1 aliphatic heterocycles. The van der Waals surface area contributed by atoms with E-state index in [0.29, 0.717) is 6.61 Å². The van der Waals surface area contributed by atoms with Crippen molar-refractivity contribution in [2.75, 3.05) is 13.7 Å². The lowest BCUT2D eigenvalue weighted by Crippen LogP contribution is -2.05. The zero-order chi connectivity index (χ0) is 14.7. The average Bonchev–Trinajstić information content (AvgIpc) is 2.53. The Morgan fingerprint density at radius 1 is 1.10 bits per heavy atom. The van der Waals surface area contributed by atoms with Crippen LogP contribution in [0.2, 0.25) is 0 Å². The van der Waals surface area contributed by atoms with E-state index < -0.39 is 0 Å². The maximum absolute atomic E-state index is 12.8. The molecule has 0 amide bonds. The quantitative estimate of drug-likeness (QED) is 0.834. The van der Waals surface area contributed by atoms with Gasteiger partial charge in [-0.05, 0) is 41.5 Å². The molecule has 0 unspecified atom stereocenters. The van der Waals surface area contributed by atoms with Crippen LogP contribution in [0.25, 0.3) is 12.2 Å². The number of benzene rings is 2. The monoisotopic (exact) mass is 282 g/mol. The largest absolute Gasteiger partial charge is 0.497 e. The topological polar surface area (TPSA) is 18.5 Å². The smallest absolute Gasteiger partial charge is 0.130 e. The molecule has 3 heteroatoms. The van der Waals surface area contributed by atoms with Gasteiger partial charge in [0.15, 0.2) is 0 Å². The van der Waals surface area contributed by atoms with Crippen LogP contribution in [0.15, 0.2) is 54.1 Å². The fourth-order valence-corrected chi connectivity index (χ4v) is 2.16. The number of rotatable bonds is 3. The van der Waals surface area contributed by atoms with Gasteiger partial charge in [0.25, 0.3) is 0 Å². The zero-order valence-electron chi connectivity index (χ0n) is 11.7. The molecule has 3 rings (SSSR count). The SMILES string of the molecule is COc1ccc2c(c1)OCC(/C=C/c1ccc(F)cc1)=C2. The normalized spacial score (nSPS) is 13.5. The molecular formula is C18H15FO2. The molecule has 106 valence electrons. The van der Waals surface area contributed by atoms with Crippen molar-refractivity contribution in [2.24, 2.45) is 0 Å². The Labute approximate surface area is 123 Å². The van der Waals surface area contributed by atoms with Gasteiger partial charge in [0.1, 0.15) is 23.9 Å². The first-order valence-corrected chi connectivity index (χ1v) is 6.70. The van der Waals surface area contributed by atoms with Gasteiger partial charge < -0.3 is 9.47 Å². The summed E-state index contributed by atoms with van der Waals surface area (Å²) < 4.78 is 23.7. The second-order valence-electron chi connectivity index (χ2n) is 4.80. The molecule has 0 spiro atoms. The van der Waals surface area contributed by atoms with Crippen molar-refractivity contribution in [1.29, 1.82) is 0 Å². The van der Waals surface area contributed by atoms with Crippen LogP contribution in [0.5, 0.6) is 11.5 Å². The predicted octanol–water partition coefficient (Wildman–Crippen LogP) is 4.32. The average molecular weight is 282 g/mol. The van der Waals surface area contributed by atoms with E-state index in [-0.39, 0.29) is 5.82 Å². The molecule has 2 aromatic rings. The van der Waals surface area contributed by atoms with Crippen LogP contribution in [0.4, 0.5) is 4.39 Å². The van der Waals surface area contributed by atoms with E-state index in [2.05, 4.69) is 6.08 Å². The van der Waals surface area contributed by atoms with Gasteiger partial charge in [0.2, 0.25) is 0 Å². The number of halogens is 1. The number of fused-ring (bicyclic) bond motifs is 1. The fourth-order valence-electron chi connectivity index (χ4n) is 2.16. The van der Waals surface area contributed by atoms with Crippen molar-refractivity contribution in [2.45, 2.75) is 0 Å². The third-order valence-corrected chi connectivity index (χ3v) is 3.32. The minimum absolute atomic E-state index is 0.227. The molecule has 0 aromatic heterocycles. The fraction of sp³-hybridized carbons (Fsp3) is 0.111. The summed E-state index contributed by atoms with van der Waals surface area (Å²) in [6, 6.07) is 12.2. The summed E-state index contributed by atoms with van der Waals surface area (Å²) in [5.74, 6) is 1.39. The van der Waals surface area contributed by atoms with Crippen LogP contribution in [0, 0.1) is 5.82 Å². The first kappa shape index (κ1) is 13.4. The van der Waals surface area contributed by atoms with Gasteiger partial charge in [0, 0.05) is 11.6 Å². The Morgan fingerprint density at radius 3 is 2.67 bits per heavy atom. The van der Waals surface area contributed by atoms with Crippen molar-refractivity contribution in [3.63, 3.8) is 0 Å². The summed E-state index contributed by atoms with van der Waals surface area (Å²) >= 11 is 0. The van der Waals surface area contributed by atoms with E-state index in [1.54, 1.807) is 19.2 Å². The van der Waals surface area contributed by atoms with Crippen molar-refractivity contribution in [1.82, 2.24) is 0 Å². The Kier molecular flexibility index (Phi) is 3.73. The van der Waals surface area contributed by atoms with Crippen molar-refractivity contribution in [3.05, 3.63) is 71.1 Å². The van der Waals surface area contributed by atoms with Crippen LogP contribution >= 0.6 is 0 Å². The molecule has 21 heavy (non-hydrogen) atoms. The highest BCUT2D eigenvalue weighted by molar-refractivity contribution is 5.68. The molecule has 0 N–H and O–H groups in total. The Morgan fingerprint density at radius 2 is 1.90 bits per heavy atom. The minimum Gasteiger partial charge on any atom is -0.497 e. The first-order valence-electron chi connectivity index (χ1n) is 6.70. The van der Waals surface area contributed by atoms with Gasteiger partial charge in [-0.15, -0.1) is 0 Å². The molecule has 1 aliphatic rings. The molecule has 0 bridgehead atoms. The number of hydrogen-bond donors (Lipinski definition) is 0. The van der Waals surface area contributed by atoms with Crippen LogP contribution in [-0.2, 0) is 0 Å². The van der Waals surface area contributed by atoms with Gasteiger partial charge in [-0.1, -0.05) is 24.3 Å². The lowest BCUT2D eigenvalue weighted by atomic mass is 10.1. The minimum atomic E-state index is -0.227. The van der Waals surface area contributed by atoms with Gasteiger partial charge >= 0.3 is 0 Å².